The predicted octanol–water partition coefficient (Wildman–Crippen LogP) is 1.10. The summed E-state index contributed by atoms with van der Waals surface area (Å²) >= 11 is 1.58. The molecule has 4 heteroatoms. The maximum atomic E-state index is 10.3. The molecule has 0 spiro atoms. The fourth-order valence-electron chi connectivity index (χ4n) is 0.611. The van der Waals surface area contributed by atoms with Crippen LogP contribution in [0.2, 0.25) is 0 Å². The Morgan fingerprint density at radius 2 is 2.42 bits per heavy atom. The van der Waals surface area contributed by atoms with Crippen molar-refractivity contribution >= 4 is 17.7 Å². The molecule has 1 atom stereocenters. The molecule has 0 rings (SSSR count). The van der Waals surface area contributed by atoms with Gasteiger partial charge in [-0.2, -0.15) is 11.8 Å². The molecule has 0 fully saturated rings. The molecule has 0 radical (unpaired) electrons. The van der Waals surface area contributed by atoms with Gasteiger partial charge in [0.15, 0.2) is 0 Å². The van der Waals surface area contributed by atoms with Crippen LogP contribution in [0.4, 0.5) is 0 Å². The maximum Gasteiger partial charge on any atom is 0.321 e. The summed E-state index contributed by atoms with van der Waals surface area (Å²) in [4.78, 5) is 10.3. The largest absolute Gasteiger partial charge is 0.480 e. The highest BCUT2D eigenvalue weighted by atomic mass is 32.2. The van der Waals surface area contributed by atoms with Crippen LogP contribution in [0.25, 0.3) is 0 Å². The zero-order valence-electron chi connectivity index (χ0n) is 7.03. The fraction of sp³-hybridized carbons (Fsp3) is 0.625. The first kappa shape index (κ1) is 11.5. The zero-order chi connectivity index (χ0) is 9.40. The van der Waals surface area contributed by atoms with E-state index in [9.17, 15) is 4.79 Å². The van der Waals surface area contributed by atoms with E-state index in [2.05, 4.69) is 6.58 Å². The minimum atomic E-state index is -0.925. The van der Waals surface area contributed by atoms with E-state index in [4.69, 9.17) is 10.8 Å². The second-order valence-corrected chi connectivity index (χ2v) is 3.60. The molecule has 3 nitrogen and oxygen atoms in total. The molecule has 70 valence electrons. The number of allylic oxidation sites excluding steroid dienone is 1. The third kappa shape index (κ3) is 6.24. The number of carboxylic acid groups (broad SMARTS) is 1. The topological polar surface area (TPSA) is 63.3 Å². The van der Waals surface area contributed by atoms with E-state index in [1.807, 2.05) is 6.08 Å². The van der Waals surface area contributed by atoms with E-state index in [-0.39, 0.29) is 0 Å². The molecular formula is C8H15NO2S. The van der Waals surface area contributed by atoms with Crippen molar-refractivity contribution in [2.24, 2.45) is 5.73 Å². The summed E-state index contributed by atoms with van der Waals surface area (Å²) in [5, 5.41) is 8.43. The van der Waals surface area contributed by atoms with E-state index in [0.29, 0.717) is 5.75 Å². The number of carbonyl (C=O) groups is 1. The minimum absolute atomic E-state index is 0.493. The molecule has 0 aromatic carbocycles. The first-order valence-corrected chi connectivity index (χ1v) is 5.01. The molecule has 0 amide bonds. The van der Waals surface area contributed by atoms with Gasteiger partial charge in [-0.1, -0.05) is 6.08 Å². The van der Waals surface area contributed by atoms with Crippen LogP contribution >= 0.6 is 11.8 Å². The van der Waals surface area contributed by atoms with Crippen molar-refractivity contribution in [1.29, 1.82) is 0 Å². The van der Waals surface area contributed by atoms with E-state index < -0.39 is 12.0 Å². The van der Waals surface area contributed by atoms with Crippen molar-refractivity contribution < 1.29 is 9.90 Å². The van der Waals surface area contributed by atoms with Crippen molar-refractivity contribution in [1.82, 2.24) is 0 Å². The van der Waals surface area contributed by atoms with Gasteiger partial charge in [-0.3, -0.25) is 4.79 Å². The van der Waals surface area contributed by atoms with Gasteiger partial charge in [-0.25, -0.2) is 0 Å². The lowest BCUT2D eigenvalue weighted by molar-refractivity contribution is -0.137. The number of thioether (sulfide) groups is 1. The smallest absolute Gasteiger partial charge is 0.321 e. The Labute approximate surface area is 77.0 Å². The van der Waals surface area contributed by atoms with Crippen LogP contribution in [-0.4, -0.2) is 28.6 Å². The van der Waals surface area contributed by atoms with Crippen molar-refractivity contribution in [3.8, 4) is 0 Å². The third-order valence-electron chi connectivity index (χ3n) is 1.31. The SMILES string of the molecule is C=CCCCSC[C@H](N)C(=O)O. The molecule has 0 aromatic rings. The van der Waals surface area contributed by atoms with Crippen LogP contribution in [0, 0.1) is 0 Å². The fourth-order valence-corrected chi connectivity index (χ4v) is 1.55. The normalized spacial score (nSPS) is 12.4. The standard InChI is InChI=1S/C8H15NO2S/c1-2-3-4-5-12-6-7(9)8(10)11/h2,7H,1,3-6,9H2,(H,10,11)/t7-/m0/s1. The van der Waals surface area contributed by atoms with Gasteiger partial charge in [0.1, 0.15) is 6.04 Å². The first-order valence-electron chi connectivity index (χ1n) is 3.85. The Morgan fingerprint density at radius 1 is 1.75 bits per heavy atom. The van der Waals surface area contributed by atoms with Gasteiger partial charge in [0.25, 0.3) is 0 Å². The Bertz CT molecular complexity index is 150. The van der Waals surface area contributed by atoms with Gasteiger partial charge in [-0.15, -0.1) is 6.58 Å². The number of hydrogen-bond acceptors (Lipinski definition) is 3. The van der Waals surface area contributed by atoms with Crippen molar-refractivity contribution in [2.75, 3.05) is 11.5 Å². The molecule has 0 aliphatic rings. The number of rotatable bonds is 7. The molecule has 12 heavy (non-hydrogen) atoms. The Balaban J connectivity index is 3.19. The minimum Gasteiger partial charge on any atom is -0.480 e. The van der Waals surface area contributed by atoms with Gasteiger partial charge < -0.3 is 10.8 Å². The van der Waals surface area contributed by atoms with E-state index in [0.717, 1.165) is 18.6 Å². The van der Waals surface area contributed by atoms with E-state index in [1.165, 1.54) is 0 Å². The van der Waals surface area contributed by atoms with E-state index >= 15 is 0 Å². The summed E-state index contributed by atoms with van der Waals surface area (Å²) in [5.74, 6) is 0.519. The summed E-state index contributed by atoms with van der Waals surface area (Å²) in [6.45, 7) is 3.59. The summed E-state index contributed by atoms with van der Waals surface area (Å²) in [6.07, 6.45) is 3.88. The second-order valence-electron chi connectivity index (χ2n) is 2.45. The monoisotopic (exact) mass is 189 g/mol. The molecular weight excluding hydrogens is 174 g/mol. The number of aliphatic carboxylic acids is 1. The van der Waals surface area contributed by atoms with Gasteiger partial charge in [0.2, 0.25) is 0 Å². The molecule has 0 bridgehead atoms. The number of carboxylic acids is 1. The molecule has 0 aliphatic heterocycles. The maximum absolute atomic E-state index is 10.3. The summed E-state index contributed by atoms with van der Waals surface area (Å²) in [5.41, 5.74) is 5.29. The number of unbranched alkanes of at least 4 members (excludes halogenated alkanes) is 1. The highest BCUT2D eigenvalue weighted by Crippen LogP contribution is 2.05. The quantitative estimate of drug-likeness (QED) is 0.465. The van der Waals surface area contributed by atoms with Gasteiger partial charge >= 0.3 is 5.97 Å². The molecule has 0 aliphatic carbocycles. The lowest BCUT2D eigenvalue weighted by atomic mass is 10.3. The number of hydrogen-bond donors (Lipinski definition) is 2. The van der Waals surface area contributed by atoms with E-state index in [1.54, 1.807) is 11.8 Å². The Morgan fingerprint density at radius 3 is 2.92 bits per heavy atom. The summed E-state index contributed by atoms with van der Waals surface area (Å²) in [7, 11) is 0. The highest BCUT2D eigenvalue weighted by molar-refractivity contribution is 7.99. The Kier molecular flexibility index (Phi) is 6.90. The third-order valence-corrected chi connectivity index (χ3v) is 2.48. The molecule has 0 unspecified atom stereocenters. The van der Waals surface area contributed by atoms with Gasteiger partial charge in [0.05, 0.1) is 0 Å². The van der Waals surface area contributed by atoms with Crippen LogP contribution in [-0.2, 0) is 4.79 Å². The van der Waals surface area contributed by atoms with Gasteiger partial charge in [-0.05, 0) is 18.6 Å². The number of nitrogens with two attached hydrogens (primary N) is 1. The van der Waals surface area contributed by atoms with Crippen LogP contribution in [0.5, 0.6) is 0 Å². The molecule has 3 N–H and O–H groups in total. The van der Waals surface area contributed by atoms with Crippen LogP contribution in [0.1, 0.15) is 12.8 Å². The molecule has 0 saturated heterocycles. The first-order chi connectivity index (χ1) is 5.68. The van der Waals surface area contributed by atoms with Crippen LogP contribution in [0.3, 0.4) is 0 Å². The molecule has 0 aromatic heterocycles. The summed E-state index contributed by atoms with van der Waals surface area (Å²) in [6, 6.07) is -0.723. The van der Waals surface area contributed by atoms with Crippen molar-refractivity contribution in [3.05, 3.63) is 12.7 Å². The lowest BCUT2D eigenvalue weighted by Crippen LogP contribution is -2.32. The van der Waals surface area contributed by atoms with Crippen LogP contribution in [0.15, 0.2) is 12.7 Å². The average molecular weight is 189 g/mol. The molecule has 0 heterocycles. The highest BCUT2D eigenvalue weighted by Gasteiger charge is 2.09. The zero-order valence-corrected chi connectivity index (χ0v) is 7.85. The van der Waals surface area contributed by atoms with Gasteiger partial charge in [0, 0.05) is 5.75 Å². The van der Waals surface area contributed by atoms with Crippen molar-refractivity contribution in [3.63, 3.8) is 0 Å². The average Bonchev–Trinajstić information content (AvgIpc) is 2.03. The predicted molar refractivity (Wildman–Crippen MR) is 52.4 cm³/mol. The molecule has 0 saturated carbocycles. The Hall–Kier alpha value is -0.480. The van der Waals surface area contributed by atoms with Crippen LogP contribution < -0.4 is 5.73 Å². The summed E-state index contributed by atoms with van der Waals surface area (Å²) < 4.78 is 0. The lowest BCUT2D eigenvalue weighted by Gasteiger charge is -2.04. The van der Waals surface area contributed by atoms with Crippen molar-refractivity contribution in [2.45, 2.75) is 18.9 Å². The second kappa shape index (κ2) is 7.18.